The van der Waals surface area contributed by atoms with Crippen LogP contribution in [0.15, 0.2) is 23.1 Å². The molecule has 1 aliphatic rings. The number of carbonyl (C=O) groups is 2. The van der Waals surface area contributed by atoms with E-state index in [0.717, 1.165) is 12.1 Å². The monoisotopic (exact) mass is 343 g/mol. The standard InChI is InChI=1S/C15H12F3NO3S/c1-23(22)9-4-5-10(12(6-9)15(16,17)18)14(21)11(7-19)13(20)8-2-3-8/h4-6,8,11H,2-3H2,1H3. The Hall–Kier alpha value is -2.01. The van der Waals surface area contributed by atoms with E-state index in [0.29, 0.717) is 18.9 Å². The van der Waals surface area contributed by atoms with Gasteiger partial charge in [0, 0.05) is 33.4 Å². The largest absolute Gasteiger partial charge is 0.417 e. The summed E-state index contributed by atoms with van der Waals surface area (Å²) in [6.45, 7) is 0. The van der Waals surface area contributed by atoms with Crippen molar-refractivity contribution in [1.82, 2.24) is 0 Å². The van der Waals surface area contributed by atoms with Crippen LogP contribution in [0, 0.1) is 23.2 Å². The van der Waals surface area contributed by atoms with E-state index >= 15 is 0 Å². The molecule has 0 aromatic heterocycles. The van der Waals surface area contributed by atoms with Gasteiger partial charge in [-0.2, -0.15) is 18.4 Å². The van der Waals surface area contributed by atoms with Crippen molar-refractivity contribution in [1.29, 1.82) is 5.26 Å². The predicted octanol–water partition coefficient (Wildman–Crippen LogP) is 2.74. The normalized spacial score (nSPS) is 17.2. The first-order valence-corrected chi connectivity index (χ1v) is 8.25. The number of rotatable bonds is 5. The van der Waals surface area contributed by atoms with Crippen molar-refractivity contribution in [3.05, 3.63) is 29.3 Å². The van der Waals surface area contributed by atoms with E-state index in [1.54, 1.807) is 0 Å². The maximum atomic E-state index is 13.2. The maximum absolute atomic E-state index is 13.2. The van der Waals surface area contributed by atoms with Crippen LogP contribution in [0.3, 0.4) is 0 Å². The quantitative estimate of drug-likeness (QED) is 0.608. The molecule has 1 aromatic carbocycles. The first-order chi connectivity index (χ1) is 10.7. The molecular weight excluding hydrogens is 331 g/mol. The van der Waals surface area contributed by atoms with Gasteiger partial charge in [0.05, 0.1) is 11.6 Å². The fourth-order valence-electron chi connectivity index (χ4n) is 2.16. The van der Waals surface area contributed by atoms with Crippen LogP contribution >= 0.6 is 0 Å². The van der Waals surface area contributed by atoms with Crippen molar-refractivity contribution in [2.75, 3.05) is 6.26 Å². The van der Waals surface area contributed by atoms with Crippen molar-refractivity contribution in [2.45, 2.75) is 23.9 Å². The maximum Gasteiger partial charge on any atom is 0.417 e. The number of Topliss-reactive ketones (excluding diaryl/α,β-unsaturated/α-hetero) is 2. The van der Waals surface area contributed by atoms with Gasteiger partial charge in [0.1, 0.15) is 0 Å². The lowest BCUT2D eigenvalue weighted by molar-refractivity contribution is -0.138. The fraction of sp³-hybridized carbons (Fsp3) is 0.400. The molecule has 2 atom stereocenters. The Labute approximate surface area is 132 Å². The summed E-state index contributed by atoms with van der Waals surface area (Å²) in [6, 6.07) is 4.15. The van der Waals surface area contributed by atoms with Crippen LogP contribution in [-0.2, 0) is 21.8 Å². The fourth-order valence-corrected chi connectivity index (χ4v) is 2.71. The van der Waals surface area contributed by atoms with Crippen molar-refractivity contribution < 1.29 is 27.0 Å². The zero-order chi connectivity index (χ0) is 17.4. The predicted molar refractivity (Wildman–Crippen MR) is 74.9 cm³/mol. The summed E-state index contributed by atoms with van der Waals surface area (Å²) in [5.74, 6) is -3.94. The van der Waals surface area contributed by atoms with Gasteiger partial charge in [-0.1, -0.05) is 0 Å². The minimum atomic E-state index is -4.86. The molecule has 122 valence electrons. The number of carbonyl (C=O) groups excluding carboxylic acids is 2. The molecule has 2 unspecified atom stereocenters. The highest BCUT2D eigenvalue weighted by atomic mass is 32.2. The Balaban J connectivity index is 2.49. The molecule has 0 heterocycles. The number of halogens is 3. The summed E-state index contributed by atoms with van der Waals surface area (Å²) in [4.78, 5) is 24.1. The Morgan fingerprint density at radius 2 is 1.96 bits per heavy atom. The van der Waals surface area contributed by atoms with E-state index in [-0.39, 0.29) is 4.90 Å². The van der Waals surface area contributed by atoms with E-state index in [1.807, 2.05) is 0 Å². The van der Waals surface area contributed by atoms with Gasteiger partial charge in [-0.05, 0) is 31.0 Å². The lowest BCUT2D eigenvalue weighted by atomic mass is 9.90. The second-order valence-electron chi connectivity index (χ2n) is 5.26. The van der Waals surface area contributed by atoms with E-state index in [2.05, 4.69) is 0 Å². The molecular formula is C15H12F3NO3S. The lowest BCUT2D eigenvalue weighted by Gasteiger charge is -2.15. The van der Waals surface area contributed by atoms with E-state index in [9.17, 15) is 27.0 Å². The summed E-state index contributed by atoms with van der Waals surface area (Å²) in [5.41, 5.74) is -2.02. The van der Waals surface area contributed by atoms with Gasteiger partial charge in [-0.15, -0.1) is 0 Å². The molecule has 0 amide bonds. The van der Waals surface area contributed by atoms with Crippen molar-refractivity contribution >= 4 is 22.4 Å². The summed E-state index contributed by atoms with van der Waals surface area (Å²) in [5, 5.41) is 9.02. The van der Waals surface area contributed by atoms with Crippen LogP contribution in [0.1, 0.15) is 28.8 Å². The molecule has 1 aromatic rings. The Morgan fingerprint density at radius 1 is 1.35 bits per heavy atom. The lowest BCUT2D eigenvalue weighted by Crippen LogP contribution is -2.26. The zero-order valence-corrected chi connectivity index (χ0v) is 12.8. The number of hydrogen-bond donors (Lipinski definition) is 0. The summed E-state index contributed by atoms with van der Waals surface area (Å²) >= 11 is 0. The van der Waals surface area contributed by atoms with E-state index < -0.39 is 51.5 Å². The minimum Gasteiger partial charge on any atom is -0.297 e. The number of ketones is 2. The number of nitriles is 1. The van der Waals surface area contributed by atoms with Crippen LogP contribution in [0.5, 0.6) is 0 Å². The highest BCUT2D eigenvalue weighted by Crippen LogP contribution is 2.37. The van der Waals surface area contributed by atoms with Gasteiger partial charge < -0.3 is 0 Å². The summed E-state index contributed by atoms with van der Waals surface area (Å²) in [7, 11) is -1.66. The van der Waals surface area contributed by atoms with Crippen molar-refractivity contribution in [3.8, 4) is 6.07 Å². The molecule has 1 fully saturated rings. The molecule has 2 rings (SSSR count). The van der Waals surface area contributed by atoms with Crippen LogP contribution < -0.4 is 0 Å². The molecule has 4 nitrogen and oxygen atoms in total. The third kappa shape index (κ3) is 3.67. The molecule has 8 heteroatoms. The van der Waals surface area contributed by atoms with Gasteiger partial charge in [0.25, 0.3) is 0 Å². The number of hydrogen-bond acceptors (Lipinski definition) is 4. The molecule has 0 bridgehead atoms. The van der Waals surface area contributed by atoms with Gasteiger partial charge >= 0.3 is 6.18 Å². The van der Waals surface area contributed by atoms with Crippen molar-refractivity contribution in [3.63, 3.8) is 0 Å². The SMILES string of the molecule is CS(=O)c1ccc(C(=O)C(C#N)C(=O)C2CC2)c(C(F)(F)F)c1. The topological polar surface area (TPSA) is 75.0 Å². The second kappa shape index (κ2) is 6.24. The number of benzene rings is 1. The van der Waals surface area contributed by atoms with Crippen LogP contribution in [0.25, 0.3) is 0 Å². The minimum absolute atomic E-state index is 0.0871. The average molecular weight is 343 g/mol. The van der Waals surface area contributed by atoms with Gasteiger partial charge in [-0.3, -0.25) is 13.8 Å². The Kier molecular flexibility index (Phi) is 4.71. The molecule has 1 aliphatic carbocycles. The van der Waals surface area contributed by atoms with Crippen LogP contribution in [-0.4, -0.2) is 22.0 Å². The summed E-state index contributed by atoms with van der Waals surface area (Å²) in [6.07, 6.45) is -2.55. The van der Waals surface area contributed by atoms with E-state index in [4.69, 9.17) is 5.26 Å². The number of alkyl halides is 3. The van der Waals surface area contributed by atoms with Gasteiger partial charge in [0.2, 0.25) is 0 Å². The number of nitrogens with zero attached hydrogens (tertiary/aromatic N) is 1. The molecule has 0 radical (unpaired) electrons. The Bertz CT molecular complexity index is 732. The molecule has 0 aliphatic heterocycles. The third-order valence-corrected chi connectivity index (χ3v) is 4.47. The molecule has 0 saturated heterocycles. The zero-order valence-electron chi connectivity index (χ0n) is 12.0. The smallest absolute Gasteiger partial charge is 0.297 e. The summed E-state index contributed by atoms with van der Waals surface area (Å²) < 4.78 is 50.9. The second-order valence-corrected chi connectivity index (χ2v) is 6.64. The van der Waals surface area contributed by atoms with Crippen LogP contribution in [0.2, 0.25) is 0 Å². The molecule has 23 heavy (non-hydrogen) atoms. The molecule has 1 saturated carbocycles. The molecule has 0 N–H and O–H groups in total. The van der Waals surface area contributed by atoms with Crippen LogP contribution in [0.4, 0.5) is 13.2 Å². The first-order valence-electron chi connectivity index (χ1n) is 6.69. The highest BCUT2D eigenvalue weighted by molar-refractivity contribution is 7.84. The van der Waals surface area contributed by atoms with E-state index in [1.165, 1.54) is 12.3 Å². The third-order valence-electron chi connectivity index (χ3n) is 3.55. The average Bonchev–Trinajstić information content (AvgIpc) is 3.30. The highest BCUT2D eigenvalue weighted by Gasteiger charge is 2.42. The Morgan fingerprint density at radius 3 is 2.39 bits per heavy atom. The first kappa shape index (κ1) is 17.3. The molecule has 0 spiro atoms. The van der Waals surface area contributed by atoms with Gasteiger partial charge in [-0.25, -0.2) is 0 Å². The van der Waals surface area contributed by atoms with Crippen molar-refractivity contribution in [2.24, 2.45) is 11.8 Å². The van der Waals surface area contributed by atoms with Gasteiger partial charge in [0.15, 0.2) is 17.5 Å².